The lowest BCUT2D eigenvalue weighted by atomic mass is 9.94. The van der Waals surface area contributed by atoms with Gasteiger partial charge < -0.3 is 14.6 Å². The molecule has 1 atom stereocenters. The van der Waals surface area contributed by atoms with Crippen LogP contribution in [0.5, 0.6) is 11.5 Å². The van der Waals surface area contributed by atoms with E-state index in [1.165, 1.54) is 0 Å². The first-order valence-electron chi connectivity index (χ1n) is 6.60. The molecule has 5 heteroatoms. The third-order valence-electron chi connectivity index (χ3n) is 3.31. The van der Waals surface area contributed by atoms with Crippen molar-refractivity contribution in [1.82, 2.24) is 9.78 Å². The molecule has 2 aromatic rings. The summed E-state index contributed by atoms with van der Waals surface area (Å²) in [5.74, 6) is 1.55. The SMILES string of the molecule is Cn1cc(COc2ccc3c(c2)OCC(C)(O)C3)cn1. The summed E-state index contributed by atoms with van der Waals surface area (Å²) in [6.07, 6.45) is 4.31. The molecule has 1 aliphatic rings. The van der Waals surface area contributed by atoms with Crippen molar-refractivity contribution in [2.24, 2.45) is 7.05 Å². The molecule has 0 amide bonds. The van der Waals surface area contributed by atoms with E-state index in [9.17, 15) is 5.11 Å². The zero-order valence-corrected chi connectivity index (χ0v) is 11.7. The molecule has 0 bridgehead atoms. The first-order chi connectivity index (χ1) is 9.52. The van der Waals surface area contributed by atoms with Crippen LogP contribution in [-0.4, -0.2) is 27.1 Å². The molecule has 1 aromatic heterocycles. The van der Waals surface area contributed by atoms with Crippen LogP contribution in [0, 0.1) is 0 Å². The molecule has 1 unspecified atom stereocenters. The summed E-state index contributed by atoms with van der Waals surface area (Å²) in [7, 11) is 1.88. The van der Waals surface area contributed by atoms with Gasteiger partial charge in [-0.05, 0) is 18.6 Å². The normalized spacial score (nSPS) is 21.1. The number of ether oxygens (including phenoxy) is 2. The number of rotatable bonds is 3. The molecule has 0 saturated heterocycles. The van der Waals surface area contributed by atoms with Crippen molar-refractivity contribution < 1.29 is 14.6 Å². The molecule has 0 aliphatic carbocycles. The van der Waals surface area contributed by atoms with Gasteiger partial charge in [0.25, 0.3) is 0 Å². The minimum Gasteiger partial charge on any atom is -0.490 e. The highest BCUT2D eigenvalue weighted by atomic mass is 16.5. The lowest BCUT2D eigenvalue weighted by Crippen LogP contribution is -2.38. The molecule has 20 heavy (non-hydrogen) atoms. The minimum atomic E-state index is -0.787. The Morgan fingerprint density at radius 1 is 1.50 bits per heavy atom. The van der Waals surface area contributed by atoms with Gasteiger partial charge in [-0.1, -0.05) is 6.07 Å². The van der Waals surface area contributed by atoms with E-state index in [4.69, 9.17) is 9.47 Å². The van der Waals surface area contributed by atoms with E-state index in [2.05, 4.69) is 5.10 Å². The second-order valence-corrected chi connectivity index (χ2v) is 5.54. The van der Waals surface area contributed by atoms with Gasteiger partial charge in [0.2, 0.25) is 0 Å². The lowest BCUT2D eigenvalue weighted by Gasteiger charge is -2.30. The summed E-state index contributed by atoms with van der Waals surface area (Å²) in [5.41, 5.74) is 1.24. The van der Waals surface area contributed by atoms with E-state index < -0.39 is 5.60 Å². The van der Waals surface area contributed by atoms with E-state index in [-0.39, 0.29) is 0 Å². The third-order valence-corrected chi connectivity index (χ3v) is 3.31. The molecule has 0 radical (unpaired) electrons. The number of benzene rings is 1. The van der Waals surface area contributed by atoms with E-state index >= 15 is 0 Å². The van der Waals surface area contributed by atoms with E-state index in [1.54, 1.807) is 17.8 Å². The molecular formula is C15H18N2O3. The first kappa shape index (κ1) is 13.0. The fraction of sp³-hybridized carbons (Fsp3) is 0.400. The Kier molecular flexibility index (Phi) is 3.14. The Hall–Kier alpha value is -2.01. The molecular weight excluding hydrogens is 256 g/mol. The second kappa shape index (κ2) is 4.83. The smallest absolute Gasteiger partial charge is 0.126 e. The van der Waals surface area contributed by atoms with Crippen LogP contribution in [0.3, 0.4) is 0 Å². The van der Waals surface area contributed by atoms with Gasteiger partial charge in [-0.2, -0.15) is 5.10 Å². The number of aryl methyl sites for hydroxylation is 1. The molecule has 106 valence electrons. The molecule has 1 aliphatic heterocycles. The Bertz CT molecular complexity index is 619. The van der Waals surface area contributed by atoms with Crippen LogP contribution < -0.4 is 9.47 Å². The topological polar surface area (TPSA) is 56.5 Å². The quantitative estimate of drug-likeness (QED) is 0.925. The van der Waals surface area contributed by atoms with Crippen LogP contribution in [0.15, 0.2) is 30.6 Å². The average Bonchev–Trinajstić information content (AvgIpc) is 2.81. The van der Waals surface area contributed by atoms with Crippen molar-refractivity contribution in [1.29, 1.82) is 0 Å². The maximum atomic E-state index is 9.98. The van der Waals surface area contributed by atoms with Crippen molar-refractivity contribution in [2.45, 2.75) is 25.6 Å². The van der Waals surface area contributed by atoms with Crippen LogP contribution in [-0.2, 0) is 20.1 Å². The molecule has 0 saturated carbocycles. The highest BCUT2D eigenvalue weighted by molar-refractivity contribution is 5.42. The van der Waals surface area contributed by atoms with Crippen molar-refractivity contribution in [3.05, 3.63) is 41.7 Å². The number of nitrogens with zero attached hydrogens (tertiary/aromatic N) is 2. The summed E-state index contributed by atoms with van der Waals surface area (Å²) in [5, 5.41) is 14.1. The van der Waals surface area contributed by atoms with Crippen molar-refractivity contribution in [2.75, 3.05) is 6.61 Å². The highest BCUT2D eigenvalue weighted by Gasteiger charge is 2.28. The maximum Gasteiger partial charge on any atom is 0.126 e. The Balaban J connectivity index is 1.70. The summed E-state index contributed by atoms with van der Waals surface area (Å²) < 4.78 is 13.1. The number of aliphatic hydroxyl groups is 1. The standard InChI is InChI=1S/C15H18N2O3/c1-15(18)6-12-3-4-13(5-14(12)20-10-15)19-9-11-7-16-17(2)8-11/h3-5,7-8,18H,6,9-10H2,1-2H3. The lowest BCUT2D eigenvalue weighted by molar-refractivity contribution is -0.000756. The van der Waals surface area contributed by atoms with Gasteiger partial charge in [0, 0.05) is 31.3 Å². The largest absolute Gasteiger partial charge is 0.490 e. The summed E-state index contributed by atoms with van der Waals surface area (Å²) in [4.78, 5) is 0. The number of hydrogen-bond acceptors (Lipinski definition) is 4. The predicted octanol–water partition coefficient (Wildman–Crippen LogP) is 1.68. The molecule has 1 aromatic carbocycles. The van der Waals surface area contributed by atoms with Crippen molar-refractivity contribution in [3.8, 4) is 11.5 Å². The van der Waals surface area contributed by atoms with Gasteiger partial charge in [-0.15, -0.1) is 0 Å². The highest BCUT2D eigenvalue weighted by Crippen LogP contribution is 2.32. The Labute approximate surface area is 117 Å². The summed E-state index contributed by atoms with van der Waals surface area (Å²) >= 11 is 0. The van der Waals surface area contributed by atoms with Gasteiger partial charge in [0.1, 0.15) is 24.7 Å². The fourth-order valence-corrected chi connectivity index (χ4v) is 2.31. The first-order valence-corrected chi connectivity index (χ1v) is 6.60. The van der Waals surface area contributed by atoms with E-state index in [0.29, 0.717) is 19.6 Å². The molecule has 0 fully saturated rings. The monoisotopic (exact) mass is 274 g/mol. The van der Waals surface area contributed by atoms with Gasteiger partial charge >= 0.3 is 0 Å². The number of fused-ring (bicyclic) bond motifs is 1. The molecule has 2 heterocycles. The Morgan fingerprint density at radius 3 is 3.10 bits per heavy atom. The Morgan fingerprint density at radius 2 is 2.35 bits per heavy atom. The van der Waals surface area contributed by atoms with Crippen LogP contribution in [0.4, 0.5) is 0 Å². The number of hydrogen-bond donors (Lipinski definition) is 1. The van der Waals surface area contributed by atoms with Crippen molar-refractivity contribution >= 4 is 0 Å². The van der Waals surface area contributed by atoms with Gasteiger partial charge in [-0.3, -0.25) is 4.68 Å². The van der Waals surface area contributed by atoms with Crippen LogP contribution in [0.2, 0.25) is 0 Å². The zero-order valence-electron chi connectivity index (χ0n) is 11.7. The van der Waals surface area contributed by atoms with E-state index in [1.807, 2.05) is 31.4 Å². The minimum absolute atomic E-state index is 0.312. The number of aromatic nitrogens is 2. The molecule has 3 rings (SSSR count). The fourth-order valence-electron chi connectivity index (χ4n) is 2.31. The van der Waals surface area contributed by atoms with Crippen LogP contribution in [0.25, 0.3) is 0 Å². The average molecular weight is 274 g/mol. The predicted molar refractivity (Wildman–Crippen MR) is 73.8 cm³/mol. The van der Waals surface area contributed by atoms with Gasteiger partial charge in [0.15, 0.2) is 0 Å². The molecule has 1 N–H and O–H groups in total. The van der Waals surface area contributed by atoms with Gasteiger partial charge in [0.05, 0.1) is 11.8 Å². The third kappa shape index (κ3) is 2.77. The summed E-state index contributed by atoms with van der Waals surface area (Å²) in [6.45, 7) is 2.57. The van der Waals surface area contributed by atoms with Crippen LogP contribution in [0.1, 0.15) is 18.1 Å². The molecule has 0 spiro atoms. The maximum absolute atomic E-state index is 9.98. The molecule has 5 nitrogen and oxygen atoms in total. The van der Waals surface area contributed by atoms with E-state index in [0.717, 1.165) is 22.6 Å². The van der Waals surface area contributed by atoms with Crippen LogP contribution >= 0.6 is 0 Å². The van der Waals surface area contributed by atoms with Gasteiger partial charge in [-0.25, -0.2) is 0 Å². The zero-order chi connectivity index (χ0) is 14.2. The van der Waals surface area contributed by atoms with Crippen molar-refractivity contribution in [3.63, 3.8) is 0 Å². The summed E-state index contributed by atoms with van der Waals surface area (Å²) in [6, 6.07) is 5.72. The second-order valence-electron chi connectivity index (χ2n) is 5.54.